The minimum atomic E-state index is 0.334. The predicted octanol–water partition coefficient (Wildman–Crippen LogP) is 4.52. The van der Waals surface area contributed by atoms with Crippen LogP contribution in [0.25, 0.3) is 0 Å². The number of nitrogens with zero attached hydrogens (tertiary/aromatic N) is 1. The Labute approximate surface area is 137 Å². The lowest BCUT2D eigenvalue weighted by atomic mass is 9.88. The van der Waals surface area contributed by atoms with Crippen molar-refractivity contribution in [3.8, 4) is 0 Å². The molecule has 2 nitrogen and oxygen atoms in total. The minimum Gasteiger partial charge on any atom is -0.314 e. The number of likely N-dealkylation sites (tertiary alicyclic amines) is 1. The molecule has 0 spiro atoms. The second-order valence-electron chi connectivity index (χ2n) is 6.42. The van der Waals surface area contributed by atoms with Gasteiger partial charge in [-0.05, 0) is 63.2 Å². The number of hydrogen-bond donors (Lipinski definition) is 1. The number of piperidine rings is 1. The van der Waals surface area contributed by atoms with Gasteiger partial charge in [0.2, 0.25) is 0 Å². The van der Waals surface area contributed by atoms with Crippen molar-refractivity contribution < 1.29 is 0 Å². The molecule has 2 saturated heterocycles. The molecular formula is C17H24Cl2N2. The highest BCUT2D eigenvalue weighted by Gasteiger charge is 2.31. The molecule has 0 radical (unpaired) electrons. The number of hydrogen-bond acceptors (Lipinski definition) is 2. The zero-order valence-corrected chi connectivity index (χ0v) is 14.1. The van der Waals surface area contributed by atoms with Crippen molar-refractivity contribution in [2.75, 3.05) is 19.6 Å². The summed E-state index contributed by atoms with van der Waals surface area (Å²) in [6.45, 7) is 5.77. The summed E-state index contributed by atoms with van der Waals surface area (Å²) in [5, 5.41) is 5.05. The molecule has 116 valence electrons. The van der Waals surface area contributed by atoms with Crippen LogP contribution in [0.3, 0.4) is 0 Å². The highest BCUT2D eigenvalue weighted by molar-refractivity contribution is 6.42. The van der Waals surface area contributed by atoms with E-state index in [0.717, 1.165) is 24.1 Å². The first-order valence-corrected chi connectivity index (χ1v) is 8.83. The SMILES string of the molecule is CC(c1cccc(Cl)c1Cl)N1CCCC(C2CCCN2)C1. The molecule has 3 rings (SSSR count). The molecule has 2 aliphatic heterocycles. The molecule has 4 heteroatoms. The Morgan fingerprint density at radius 2 is 2.10 bits per heavy atom. The molecule has 0 aromatic heterocycles. The summed E-state index contributed by atoms with van der Waals surface area (Å²) in [6.07, 6.45) is 5.30. The highest BCUT2D eigenvalue weighted by Crippen LogP contribution is 2.35. The van der Waals surface area contributed by atoms with Crippen molar-refractivity contribution >= 4 is 23.2 Å². The Bertz CT molecular complexity index is 486. The number of nitrogens with one attached hydrogen (secondary N) is 1. The molecule has 0 saturated carbocycles. The standard InChI is InChI=1S/C17H24Cl2N2/c1-12(14-6-2-7-15(18)17(14)19)21-10-4-5-13(11-21)16-8-3-9-20-16/h2,6-7,12-13,16,20H,3-5,8-11H2,1H3. The Kier molecular flexibility index (Phi) is 5.11. The molecule has 0 amide bonds. The maximum absolute atomic E-state index is 6.40. The molecule has 1 aromatic rings. The quantitative estimate of drug-likeness (QED) is 0.878. The van der Waals surface area contributed by atoms with Crippen LogP contribution in [0, 0.1) is 5.92 Å². The topological polar surface area (TPSA) is 15.3 Å². The van der Waals surface area contributed by atoms with E-state index >= 15 is 0 Å². The van der Waals surface area contributed by atoms with E-state index in [1.54, 1.807) is 0 Å². The summed E-state index contributed by atoms with van der Waals surface area (Å²) in [7, 11) is 0. The maximum atomic E-state index is 6.40. The summed E-state index contributed by atoms with van der Waals surface area (Å²) in [5.41, 5.74) is 1.16. The van der Waals surface area contributed by atoms with Gasteiger partial charge in [0.1, 0.15) is 0 Å². The van der Waals surface area contributed by atoms with Crippen LogP contribution in [0.2, 0.25) is 10.0 Å². The number of halogens is 2. The molecule has 2 aliphatic rings. The van der Waals surface area contributed by atoms with Crippen LogP contribution < -0.4 is 5.32 Å². The van der Waals surface area contributed by atoms with E-state index in [1.807, 2.05) is 12.1 Å². The summed E-state index contributed by atoms with van der Waals surface area (Å²) >= 11 is 12.6. The van der Waals surface area contributed by atoms with Gasteiger partial charge in [0.25, 0.3) is 0 Å². The Balaban J connectivity index is 1.71. The summed E-state index contributed by atoms with van der Waals surface area (Å²) in [5.74, 6) is 0.779. The summed E-state index contributed by atoms with van der Waals surface area (Å²) in [4.78, 5) is 2.58. The minimum absolute atomic E-state index is 0.334. The smallest absolute Gasteiger partial charge is 0.0640 e. The molecule has 3 unspecified atom stereocenters. The van der Waals surface area contributed by atoms with Crippen LogP contribution in [-0.2, 0) is 0 Å². The van der Waals surface area contributed by atoms with Crippen LogP contribution in [0.4, 0.5) is 0 Å². The zero-order valence-electron chi connectivity index (χ0n) is 12.6. The lowest BCUT2D eigenvalue weighted by Gasteiger charge is -2.39. The van der Waals surface area contributed by atoms with Gasteiger partial charge in [-0.3, -0.25) is 4.90 Å². The van der Waals surface area contributed by atoms with E-state index in [0.29, 0.717) is 16.1 Å². The van der Waals surface area contributed by atoms with Gasteiger partial charge in [-0.2, -0.15) is 0 Å². The van der Waals surface area contributed by atoms with Crippen molar-refractivity contribution in [3.63, 3.8) is 0 Å². The third-order valence-electron chi connectivity index (χ3n) is 5.14. The second-order valence-corrected chi connectivity index (χ2v) is 7.20. The predicted molar refractivity (Wildman–Crippen MR) is 90.2 cm³/mol. The fourth-order valence-electron chi connectivity index (χ4n) is 3.87. The van der Waals surface area contributed by atoms with Crippen LogP contribution >= 0.6 is 23.2 Å². The lowest BCUT2D eigenvalue weighted by Crippen LogP contribution is -2.44. The molecule has 2 fully saturated rings. The van der Waals surface area contributed by atoms with E-state index in [1.165, 1.54) is 38.8 Å². The van der Waals surface area contributed by atoms with Gasteiger partial charge in [0.15, 0.2) is 0 Å². The molecular weight excluding hydrogens is 303 g/mol. The zero-order chi connectivity index (χ0) is 14.8. The van der Waals surface area contributed by atoms with Crippen molar-refractivity contribution in [2.45, 2.75) is 44.7 Å². The largest absolute Gasteiger partial charge is 0.314 e. The lowest BCUT2D eigenvalue weighted by molar-refractivity contribution is 0.115. The molecule has 0 aliphatic carbocycles. The summed E-state index contributed by atoms with van der Waals surface area (Å²) in [6, 6.07) is 7.02. The fourth-order valence-corrected chi connectivity index (χ4v) is 4.34. The Morgan fingerprint density at radius 1 is 1.24 bits per heavy atom. The molecule has 1 N–H and O–H groups in total. The Morgan fingerprint density at radius 3 is 2.86 bits per heavy atom. The number of benzene rings is 1. The molecule has 21 heavy (non-hydrogen) atoms. The Hall–Kier alpha value is -0.280. The van der Waals surface area contributed by atoms with Crippen LogP contribution in [0.15, 0.2) is 18.2 Å². The van der Waals surface area contributed by atoms with Gasteiger partial charge in [-0.25, -0.2) is 0 Å². The van der Waals surface area contributed by atoms with Crippen molar-refractivity contribution in [1.29, 1.82) is 0 Å². The van der Waals surface area contributed by atoms with Gasteiger partial charge < -0.3 is 5.32 Å². The maximum Gasteiger partial charge on any atom is 0.0640 e. The molecule has 2 heterocycles. The number of rotatable bonds is 3. The first-order valence-electron chi connectivity index (χ1n) is 8.08. The molecule has 0 bridgehead atoms. The van der Waals surface area contributed by atoms with E-state index < -0.39 is 0 Å². The average molecular weight is 327 g/mol. The van der Waals surface area contributed by atoms with Gasteiger partial charge in [0.05, 0.1) is 10.0 Å². The third kappa shape index (κ3) is 3.39. The van der Waals surface area contributed by atoms with E-state index in [2.05, 4.69) is 23.2 Å². The fraction of sp³-hybridized carbons (Fsp3) is 0.647. The van der Waals surface area contributed by atoms with Crippen LogP contribution in [0.5, 0.6) is 0 Å². The van der Waals surface area contributed by atoms with E-state index in [-0.39, 0.29) is 0 Å². The van der Waals surface area contributed by atoms with Crippen molar-refractivity contribution in [3.05, 3.63) is 33.8 Å². The first kappa shape index (κ1) is 15.6. The van der Waals surface area contributed by atoms with Crippen LogP contribution in [0.1, 0.15) is 44.2 Å². The van der Waals surface area contributed by atoms with Gasteiger partial charge in [-0.15, -0.1) is 0 Å². The van der Waals surface area contributed by atoms with Crippen molar-refractivity contribution in [2.24, 2.45) is 5.92 Å². The van der Waals surface area contributed by atoms with E-state index in [9.17, 15) is 0 Å². The van der Waals surface area contributed by atoms with Gasteiger partial charge in [-0.1, -0.05) is 35.3 Å². The summed E-state index contributed by atoms with van der Waals surface area (Å²) < 4.78 is 0. The monoisotopic (exact) mass is 326 g/mol. The normalized spacial score (nSPS) is 28.7. The first-order chi connectivity index (χ1) is 10.2. The molecule has 3 atom stereocenters. The third-order valence-corrected chi connectivity index (χ3v) is 5.97. The van der Waals surface area contributed by atoms with Gasteiger partial charge in [0, 0.05) is 18.6 Å². The molecule has 1 aromatic carbocycles. The second kappa shape index (κ2) is 6.87. The van der Waals surface area contributed by atoms with E-state index in [4.69, 9.17) is 23.2 Å². The van der Waals surface area contributed by atoms with Gasteiger partial charge >= 0.3 is 0 Å². The highest BCUT2D eigenvalue weighted by atomic mass is 35.5. The van der Waals surface area contributed by atoms with Crippen LogP contribution in [-0.4, -0.2) is 30.6 Å². The average Bonchev–Trinajstić information content (AvgIpc) is 3.04. The van der Waals surface area contributed by atoms with Crippen molar-refractivity contribution in [1.82, 2.24) is 10.2 Å².